The molecule has 3 rings (SSSR count). The maximum absolute atomic E-state index is 12.3. The number of carbonyl (C=O) groups is 1. The standard InChI is InChI=1S/C23H31N3O3/c1-3-25-12-14-26(15-13-25)17-20-9-5-4-8-19(20)16-24-23(27)18-29-22-11-7-6-10-21(22)28-2/h4-11H,3,12-18H2,1-2H3,(H,24,27). The molecule has 0 aliphatic carbocycles. The molecular weight excluding hydrogens is 366 g/mol. The second-order valence-electron chi connectivity index (χ2n) is 7.20. The third kappa shape index (κ3) is 6.21. The third-order valence-corrected chi connectivity index (χ3v) is 5.33. The quantitative estimate of drug-likeness (QED) is 0.705. The van der Waals surface area contributed by atoms with E-state index in [1.165, 1.54) is 5.56 Å². The van der Waals surface area contributed by atoms with Crippen LogP contribution in [0.2, 0.25) is 0 Å². The molecule has 1 saturated heterocycles. The third-order valence-electron chi connectivity index (χ3n) is 5.33. The van der Waals surface area contributed by atoms with Crippen molar-refractivity contribution in [2.75, 3.05) is 46.4 Å². The number of hydrogen-bond donors (Lipinski definition) is 1. The zero-order valence-corrected chi connectivity index (χ0v) is 17.4. The van der Waals surface area contributed by atoms with Crippen molar-refractivity contribution in [2.45, 2.75) is 20.0 Å². The Balaban J connectivity index is 1.49. The van der Waals surface area contributed by atoms with Gasteiger partial charge < -0.3 is 19.7 Å². The van der Waals surface area contributed by atoms with Crippen molar-refractivity contribution in [2.24, 2.45) is 0 Å². The number of hydrogen-bond acceptors (Lipinski definition) is 5. The van der Waals surface area contributed by atoms with E-state index in [4.69, 9.17) is 9.47 Å². The molecule has 0 spiro atoms. The van der Waals surface area contributed by atoms with Gasteiger partial charge in [0.25, 0.3) is 5.91 Å². The second kappa shape index (κ2) is 10.8. The molecular formula is C23H31N3O3. The summed E-state index contributed by atoms with van der Waals surface area (Å²) >= 11 is 0. The summed E-state index contributed by atoms with van der Waals surface area (Å²) in [6, 6.07) is 15.6. The molecule has 2 aromatic carbocycles. The van der Waals surface area contributed by atoms with Crippen molar-refractivity contribution in [3.63, 3.8) is 0 Å². The summed E-state index contributed by atoms with van der Waals surface area (Å²) in [5, 5.41) is 2.97. The first-order valence-corrected chi connectivity index (χ1v) is 10.2. The van der Waals surface area contributed by atoms with Crippen LogP contribution in [0.25, 0.3) is 0 Å². The van der Waals surface area contributed by atoms with E-state index in [1.54, 1.807) is 13.2 Å². The fourth-order valence-electron chi connectivity index (χ4n) is 3.51. The molecule has 6 heteroatoms. The molecule has 2 aromatic rings. The molecule has 1 aliphatic heterocycles. The van der Waals surface area contributed by atoms with Gasteiger partial charge in [-0.2, -0.15) is 0 Å². The molecule has 0 bridgehead atoms. The van der Waals surface area contributed by atoms with Crippen LogP contribution >= 0.6 is 0 Å². The molecule has 1 N–H and O–H groups in total. The number of amides is 1. The Bertz CT molecular complexity index is 788. The van der Waals surface area contributed by atoms with Crippen molar-refractivity contribution in [3.05, 3.63) is 59.7 Å². The summed E-state index contributed by atoms with van der Waals surface area (Å²) in [5.41, 5.74) is 2.42. The molecule has 0 radical (unpaired) electrons. The largest absolute Gasteiger partial charge is 0.493 e. The number of ether oxygens (including phenoxy) is 2. The van der Waals surface area contributed by atoms with Crippen LogP contribution in [-0.2, 0) is 17.9 Å². The van der Waals surface area contributed by atoms with E-state index < -0.39 is 0 Å². The monoisotopic (exact) mass is 397 g/mol. The van der Waals surface area contributed by atoms with Crippen molar-refractivity contribution >= 4 is 5.91 Å². The molecule has 1 aliphatic rings. The van der Waals surface area contributed by atoms with Crippen molar-refractivity contribution in [3.8, 4) is 11.5 Å². The predicted octanol–water partition coefficient (Wildman–Crippen LogP) is 2.53. The first kappa shape index (κ1) is 21.1. The zero-order valence-electron chi connectivity index (χ0n) is 17.4. The Morgan fingerprint density at radius 2 is 1.55 bits per heavy atom. The van der Waals surface area contributed by atoms with Crippen LogP contribution < -0.4 is 14.8 Å². The van der Waals surface area contributed by atoms with Crippen LogP contribution in [0, 0.1) is 0 Å². The highest BCUT2D eigenvalue weighted by molar-refractivity contribution is 5.77. The highest BCUT2D eigenvalue weighted by Gasteiger charge is 2.16. The summed E-state index contributed by atoms with van der Waals surface area (Å²) in [6.07, 6.45) is 0. The number of rotatable bonds is 9. The summed E-state index contributed by atoms with van der Waals surface area (Å²) in [6.45, 7) is 9.12. The van der Waals surface area contributed by atoms with Gasteiger partial charge in [-0.15, -0.1) is 0 Å². The van der Waals surface area contributed by atoms with Gasteiger partial charge in [0.15, 0.2) is 18.1 Å². The van der Waals surface area contributed by atoms with Crippen molar-refractivity contribution in [1.82, 2.24) is 15.1 Å². The maximum atomic E-state index is 12.3. The van der Waals surface area contributed by atoms with Crippen LogP contribution in [0.3, 0.4) is 0 Å². The Hall–Kier alpha value is -2.57. The summed E-state index contributed by atoms with van der Waals surface area (Å²) in [7, 11) is 1.58. The number of piperazine rings is 1. The average molecular weight is 398 g/mol. The minimum atomic E-state index is -0.151. The average Bonchev–Trinajstić information content (AvgIpc) is 2.77. The highest BCUT2D eigenvalue weighted by Crippen LogP contribution is 2.25. The summed E-state index contributed by atoms with van der Waals surface area (Å²) < 4.78 is 10.8. The number of likely N-dealkylation sites (N-methyl/N-ethyl adjacent to an activating group) is 1. The molecule has 156 valence electrons. The van der Waals surface area contributed by atoms with Gasteiger partial charge in [0.05, 0.1) is 7.11 Å². The lowest BCUT2D eigenvalue weighted by Gasteiger charge is -2.34. The van der Waals surface area contributed by atoms with Gasteiger partial charge in [0.2, 0.25) is 0 Å². The van der Waals surface area contributed by atoms with E-state index in [0.717, 1.165) is 44.8 Å². The predicted molar refractivity (Wildman–Crippen MR) is 114 cm³/mol. The number of carbonyl (C=O) groups excluding carboxylic acids is 1. The van der Waals surface area contributed by atoms with E-state index in [-0.39, 0.29) is 12.5 Å². The summed E-state index contributed by atoms with van der Waals surface area (Å²) in [4.78, 5) is 17.2. The highest BCUT2D eigenvalue weighted by atomic mass is 16.5. The Morgan fingerprint density at radius 1 is 0.931 bits per heavy atom. The van der Waals surface area contributed by atoms with Crippen LogP contribution in [0.5, 0.6) is 11.5 Å². The number of benzene rings is 2. The molecule has 0 saturated carbocycles. The lowest BCUT2D eigenvalue weighted by atomic mass is 10.1. The van der Waals surface area contributed by atoms with Crippen LogP contribution in [-0.4, -0.2) is 62.1 Å². The Kier molecular flexibility index (Phi) is 7.90. The molecule has 0 atom stereocenters. The van der Waals surface area contributed by atoms with Gasteiger partial charge in [-0.3, -0.25) is 9.69 Å². The fourth-order valence-corrected chi connectivity index (χ4v) is 3.51. The van der Waals surface area contributed by atoms with Gasteiger partial charge in [-0.25, -0.2) is 0 Å². The van der Waals surface area contributed by atoms with Crippen LogP contribution in [0.15, 0.2) is 48.5 Å². The zero-order chi connectivity index (χ0) is 20.5. The topological polar surface area (TPSA) is 54.0 Å². The minimum absolute atomic E-state index is 0.0402. The number of nitrogens with one attached hydrogen (secondary N) is 1. The Morgan fingerprint density at radius 3 is 2.24 bits per heavy atom. The summed E-state index contributed by atoms with van der Waals surface area (Å²) in [5.74, 6) is 1.04. The smallest absolute Gasteiger partial charge is 0.258 e. The van der Waals surface area contributed by atoms with E-state index in [2.05, 4.69) is 40.2 Å². The van der Waals surface area contributed by atoms with Crippen LogP contribution in [0.1, 0.15) is 18.1 Å². The van der Waals surface area contributed by atoms with E-state index in [1.807, 2.05) is 24.3 Å². The van der Waals surface area contributed by atoms with E-state index >= 15 is 0 Å². The maximum Gasteiger partial charge on any atom is 0.258 e. The Labute approximate surface area is 173 Å². The molecule has 29 heavy (non-hydrogen) atoms. The van der Waals surface area contributed by atoms with Gasteiger partial charge >= 0.3 is 0 Å². The lowest BCUT2D eigenvalue weighted by molar-refractivity contribution is -0.123. The van der Waals surface area contributed by atoms with Gasteiger partial charge in [-0.05, 0) is 29.8 Å². The first-order valence-electron chi connectivity index (χ1n) is 10.2. The van der Waals surface area contributed by atoms with Gasteiger partial charge in [-0.1, -0.05) is 43.3 Å². The van der Waals surface area contributed by atoms with Gasteiger partial charge in [0.1, 0.15) is 0 Å². The second-order valence-corrected chi connectivity index (χ2v) is 7.20. The molecule has 6 nitrogen and oxygen atoms in total. The lowest BCUT2D eigenvalue weighted by Crippen LogP contribution is -2.45. The van der Waals surface area contributed by atoms with E-state index in [9.17, 15) is 4.79 Å². The molecule has 0 unspecified atom stereocenters. The van der Waals surface area contributed by atoms with Crippen LogP contribution in [0.4, 0.5) is 0 Å². The van der Waals surface area contributed by atoms with Crippen molar-refractivity contribution < 1.29 is 14.3 Å². The normalized spacial score (nSPS) is 15.1. The molecule has 0 aromatic heterocycles. The SMILES string of the molecule is CCN1CCN(Cc2ccccc2CNC(=O)COc2ccccc2OC)CC1. The van der Waals surface area contributed by atoms with Crippen molar-refractivity contribution in [1.29, 1.82) is 0 Å². The number of nitrogens with zero attached hydrogens (tertiary/aromatic N) is 2. The fraction of sp³-hybridized carbons (Fsp3) is 0.435. The minimum Gasteiger partial charge on any atom is -0.493 e. The first-order chi connectivity index (χ1) is 14.2. The number of methoxy groups -OCH3 is 1. The number of para-hydroxylation sites is 2. The van der Waals surface area contributed by atoms with Gasteiger partial charge in [0, 0.05) is 39.3 Å². The molecule has 1 fully saturated rings. The molecule has 1 amide bonds. The molecule has 1 heterocycles. The van der Waals surface area contributed by atoms with E-state index in [0.29, 0.717) is 18.0 Å².